The van der Waals surface area contributed by atoms with Gasteiger partial charge in [0, 0.05) is 45.1 Å². The first kappa shape index (κ1) is 15.2. The van der Waals surface area contributed by atoms with E-state index in [0.29, 0.717) is 13.1 Å². The van der Waals surface area contributed by atoms with E-state index >= 15 is 0 Å². The molecule has 2 heterocycles. The quantitative estimate of drug-likeness (QED) is 0.881. The maximum Gasteiger partial charge on any atom is 0.234 e. The number of amides is 1. The lowest BCUT2D eigenvalue weighted by atomic mass is 10.4. The maximum atomic E-state index is 11.6. The second-order valence-electron chi connectivity index (χ2n) is 4.77. The van der Waals surface area contributed by atoms with Crippen LogP contribution >= 0.6 is 15.9 Å². The Balaban J connectivity index is 1.88. The Morgan fingerprint density at radius 3 is 2.75 bits per heavy atom. The Morgan fingerprint density at radius 2 is 2.05 bits per heavy atom. The molecule has 1 saturated heterocycles. The van der Waals surface area contributed by atoms with Crippen molar-refractivity contribution in [1.82, 2.24) is 20.2 Å². The summed E-state index contributed by atoms with van der Waals surface area (Å²) in [5.74, 6) is 0.855. The average molecular weight is 342 g/mol. The SMILES string of the molecule is CCNC(=O)CN1CCCN(c2ncc(Br)cn2)CC1. The summed E-state index contributed by atoms with van der Waals surface area (Å²) in [6.07, 6.45) is 4.54. The number of hydrogen-bond acceptors (Lipinski definition) is 5. The molecular weight excluding hydrogens is 322 g/mol. The normalized spacial score (nSPS) is 16.8. The Labute approximate surface area is 127 Å². The molecule has 0 aliphatic carbocycles. The van der Waals surface area contributed by atoms with Crippen LogP contribution < -0.4 is 10.2 Å². The molecule has 0 aromatic carbocycles. The topological polar surface area (TPSA) is 61.4 Å². The molecule has 1 aromatic heterocycles. The molecule has 0 unspecified atom stereocenters. The smallest absolute Gasteiger partial charge is 0.234 e. The minimum absolute atomic E-state index is 0.0980. The number of likely N-dealkylation sites (N-methyl/N-ethyl adjacent to an activating group) is 1. The van der Waals surface area contributed by atoms with Crippen LogP contribution in [0.2, 0.25) is 0 Å². The second kappa shape index (κ2) is 7.54. The van der Waals surface area contributed by atoms with Crippen LogP contribution in [0.3, 0.4) is 0 Å². The van der Waals surface area contributed by atoms with E-state index < -0.39 is 0 Å². The molecule has 110 valence electrons. The van der Waals surface area contributed by atoms with E-state index in [9.17, 15) is 4.79 Å². The molecule has 1 N–H and O–H groups in total. The zero-order valence-electron chi connectivity index (χ0n) is 11.7. The number of aromatic nitrogens is 2. The summed E-state index contributed by atoms with van der Waals surface area (Å²) < 4.78 is 0.883. The lowest BCUT2D eigenvalue weighted by Crippen LogP contribution is -2.39. The molecule has 1 amide bonds. The number of carbonyl (C=O) groups excluding carboxylic acids is 1. The van der Waals surface area contributed by atoms with Crippen molar-refractivity contribution in [3.63, 3.8) is 0 Å². The van der Waals surface area contributed by atoms with Crippen molar-refractivity contribution in [1.29, 1.82) is 0 Å². The number of hydrogen-bond donors (Lipinski definition) is 1. The molecule has 6 nitrogen and oxygen atoms in total. The third kappa shape index (κ3) is 4.42. The summed E-state index contributed by atoms with van der Waals surface area (Å²) in [4.78, 5) is 24.6. The number of nitrogens with one attached hydrogen (secondary N) is 1. The Bertz CT molecular complexity index is 439. The number of anilines is 1. The molecule has 20 heavy (non-hydrogen) atoms. The highest BCUT2D eigenvalue weighted by atomic mass is 79.9. The van der Waals surface area contributed by atoms with Crippen molar-refractivity contribution in [2.75, 3.05) is 44.2 Å². The molecule has 2 rings (SSSR count). The number of carbonyl (C=O) groups is 1. The molecule has 1 aliphatic heterocycles. The van der Waals surface area contributed by atoms with E-state index in [2.05, 4.69) is 41.0 Å². The van der Waals surface area contributed by atoms with Gasteiger partial charge in [0.05, 0.1) is 11.0 Å². The first-order valence-corrected chi connectivity index (χ1v) is 7.70. The zero-order valence-corrected chi connectivity index (χ0v) is 13.3. The van der Waals surface area contributed by atoms with Crippen molar-refractivity contribution in [2.45, 2.75) is 13.3 Å². The fraction of sp³-hybridized carbons (Fsp3) is 0.615. The minimum atomic E-state index is 0.0980. The Kier molecular flexibility index (Phi) is 5.72. The van der Waals surface area contributed by atoms with Gasteiger partial charge in [0.2, 0.25) is 11.9 Å². The van der Waals surface area contributed by atoms with E-state index in [-0.39, 0.29) is 5.91 Å². The number of halogens is 1. The van der Waals surface area contributed by atoms with Crippen LogP contribution in [0.5, 0.6) is 0 Å². The Hall–Kier alpha value is -1.21. The van der Waals surface area contributed by atoms with Gasteiger partial charge >= 0.3 is 0 Å². The van der Waals surface area contributed by atoms with Crippen LogP contribution in [0.15, 0.2) is 16.9 Å². The van der Waals surface area contributed by atoms with Gasteiger partial charge < -0.3 is 10.2 Å². The molecule has 1 aromatic rings. The van der Waals surface area contributed by atoms with E-state index in [0.717, 1.165) is 43.0 Å². The predicted octanol–water partition coefficient (Wildman–Crippen LogP) is 0.887. The van der Waals surface area contributed by atoms with Gasteiger partial charge in [0.1, 0.15) is 0 Å². The highest BCUT2D eigenvalue weighted by Crippen LogP contribution is 2.13. The van der Waals surface area contributed by atoms with Gasteiger partial charge in [0.15, 0.2) is 0 Å². The Morgan fingerprint density at radius 1 is 1.30 bits per heavy atom. The van der Waals surface area contributed by atoms with E-state index in [1.807, 2.05) is 6.92 Å². The predicted molar refractivity (Wildman–Crippen MR) is 81.7 cm³/mol. The molecule has 1 aliphatic rings. The second-order valence-corrected chi connectivity index (χ2v) is 5.69. The minimum Gasteiger partial charge on any atom is -0.355 e. The van der Waals surface area contributed by atoms with Gasteiger partial charge in [-0.25, -0.2) is 9.97 Å². The van der Waals surface area contributed by atoms with Gasteiger partial charge in [-0.15, -0.1) is 0 Å². The fourth-order valence-electron chi connectivity index (χ4n) is 2.25. The summed E-state index contributed by atoms with van der Waals surface area (Å²) in [5.41, 5.74) is 0. The summed E-state index contributed by atoms with van der Waals surface area (Å²) in [7, 11) is 0. The largest absolute Gasteiger partial charge is 0.355 e. The van der Waals surface area contributed by atoms with Crippen molar-refractivity contribution >= 4 is 27.8 Å². The number of rotatable bonds is 4. The van der Waals surface area contributed by atoms with E-state index in [1.165, 1.54) is 0 Å². The van der Waals surface area contributed by atoms with Crippen molar-refractivity contribution in [3.05, 3.63) is 16.9 Å². The lowest BCUT2D eigenvalue weighted by Gasteiger charge is -2.21. The van der Waals surface area contributed by atoms with Crippen molar-refractivity contribution < 1.29 is 4.79 Å². The van der Waals surface area contributed by atoms with Crippen LogP contribution in [0, 0.1) is 0 Å². The fourth-order valence-corrected chi connectivity index (χ4v) is 2.46. The summed E-state index contributed by atoms with van der Waals surface area (Å²) >= 11 is 3.34. The molecule has 0 spiro atoms. The highest BCUT2D eigenvalue weighted by Gasteiger charge is 2.18. The average Bonchev–Trinajstić information content (AvgIpc) is 2.66. The molecule has 0 atom stereocenters. The molecular formula is C13H20BrN5O. The third-order valence-electron chi connectivity index (χ3n) is 3.22. The van der Waals surface area contributed by atoms with E-state index in [1.54, 1.807) is 12.4 Å². The first-order chi connectivity index (χ1) is 9.69. The van der Waals surface area contributed by atoms with Crippen molar-refractivity contribution in [2.24, 2.45) is 0 Å². The molecule has 1 fully saturated rings. The standard InChI is InChI=1S/C13H20BrN5O/c1-2-15-12(20)10-18-4-3-5-19(7-6-18)13-16-8-11(14)9-17-13/h8-9H,2-7,10H2,1H3,(H,15,20). The lowest BCUT2D eigenvalue weighted by molar-refractivity contribution is -0.122. The third-order valence-corrected chi connectivity index (χ3v) is 3.63. The zero-order chi connectivity index (χ0) is 14.4. The van der Waals surface area contributed by atoms with Gasteiger partial charge in [-0.3, -0.25) is 9.69 Å². The molecule has 0 saturated carbocycles. The number of nitrogens with zero attached hydrogens (tertiary/aromatic N) is 4. The van der Waals surface area contributed by atoms with Gasteiger partial charge in [-0.2, -0.15) is 0 Å². The van der Waals surface area contributed by atoms with Crippen LogP contribution in [-0.2, 0) is 4.79 Å². The summed E-state index contributed by atoms with van der Waals surface area (Å²) in [6.45, 7) is 6.66. The van der Waals surface area contributed by atoms with Gasteiger partial charge in [0.25, 0.3) is 0 Å². The van der Waals surface area contributed by atoms with Crippen LogP contribution in [-0.4, -0.2) is 60.0 Å². The summed E-state index contributed by atoms with van der Waals surface area (Å²) in [5, 5.41) is 2.84. The van der Waals surface area contributed by atoms with Crippen molar-refractivity contribution in [3.8, 4) is 0 Å². The monoisotopic (exact) mass is 341 g/mol. The van der Waals surface area contributed by atoms with E-state index in [4.69, 9.17) is 0 Å². The van der Waals surface area contributed by atoms with Gasteiger partial charge in [-0.05, 0) is 29.3 Å². The summed E-state index contributed by atoms with van der Waals surface area (Å²) in [6, 6.07) is 0. The first-order valence-electron chi connectivity index (χ1n) is 6.90. The molecule has 7 heteroatoms. The highest BCUT2D eigenvalue weighted by molar-refractivity contribution is 9.10. The van der Waals surface area contributed by atoms with Crippen LogP contribution in [0.25, 0.3) is 0 Å². The van der Waals surface area contributed by atoms with Crippen LogP contribution in [0.1, 0.15) is 13.3 Å². The van der Waals surface area contributed by atoms with Crippen LogP contribution in [0.4, 0.5) is 5.95 Å². The molecule has 0 radical (unpaired) electrons. The van der Waals surface area contributed by atoms with Gasteiger partial charge in [-0.1, -0.05) is 0 Å². The molecule has 0 bridgehead atoms. The maximum absolute atomic E-state index is 11.6.